The van der Waals surface area contributed by atoms with Crippen molar-refractivity contribution in [1.82, 2.24) is 0 Å². The molecule has 3 nitrogen and oxygen atoms in total. The first-order valence-electron chi connectivity index (χ1n) is 14.5. The Bertz CT molecular complexity index is 2470. The predicted molar refractivity (Wildman–Crippen MR) is 179 cm³/mol. The summed E-state index contributed by atoms with van der Waals surface area (Å²) in [4.78, 5) is 2.34. The van der Waals surface area contributed by atoms with Crippen molar-refractivity contribution in [3.63, 3.8) is 0 Å². The second-order valence-corrected chi connectivity index (χ2v) is 10.9. The van der Waals surface area contributed by atoms with Crippen molar-refractivity contribution in [3.05, 3.63) is 152 Å². The summed E-state index contributed by atoms with van der Waals surface area (Å²) in [6.45, 7) is 0. The minimum Gasteiger partial charge on any atom is -0.456 e. The Morgan fingerprint density at radius 3 is 1.91 bits per heavy atom. The first-order valence-corrected chi connectivity index (χ1v) is 14.5. The number of fused-ring (bicyclic) bond motifs is 8. The van der Waals surface area contributed by atoms with Crippen LogP contribution in [-0.2, 0) is 0 Å². The van der Waals surface area contributed by atoms with Gasteiger partial charge in [0.25, 0.3) is 0 Å². The summed E-state index contributed by atoms with van der Waals surface area (Å²) < 4.78 is 13.0. The van der Waals surface area contributed by atoms with E-state index < -0.39 is 0 Å². The van der Waals surface area contributed by atoms with Crippen molar-refractivity contribution in [2.24, 2.45) is 0 Å². The minimum absolute atomic E-state index is 0.858. The molecule has 0 unspecified atom stereocenters. The van der Waals surface area contributed by atoms with Crippen LogP contribution in [0.15, 0.2) is 160 Å². The number of para-hydroxylation sites is 2. The molecule has 0 aliphatic carbocycles. The Hall–Kier alpha value is -5.80. The molecule has 9 aromatic rings. The molecule has 7 aromatic carbocycles. The summed E-state index contributed by atoms with van der Waals surface area (Å²) in [7, 11) is 0. The van der Waals surface area contributed by atoms with Gasteiger partial charge < -0.3 is 13.7 Å². The third-order valence-electron chi connectivity index (χ3n) is 8.42. The molecule has 2 heterocycles. The van der Waals surface area contributed by atoms with E-state index in [-0.39, 0.29) is 0 Å². The molecule has 0 amide bonds. The molecule has 0 aliphatic rings. The van der Waals surface area contributed by atoms with Gasteiger partial charge in [0.2, 0.25) is 0 Å². The molecular weight excluding hydrogens is 526 g/mol. The third kappa shape index (κ3) is 3.75. The number of hydrogen-bond acceptors (Lipinski definition) is 3. The molecule has 202 valence electrons. The first kappa shape index (κ1) is 23.9. The van der Waals surface area contributed by atoms with Crippen LogP contribution in [0.2, 0.25) is 0 Å². The van der Waals surface area contributed by atoms with Gasteiger partial charge in [-0.2, -0.15) is 0 Å². The molecule has 0 bridgehead atoms. The van der Waals surface area contributed by atoms with E-state index in [9.17, 15) is 0 Å². The highest BCUT2D eigenvalue weighted by Gasteiger charge is 2.23. The van der Waals surface area contributed by atoms with Crippen LogP contribution in [0.25, 0.3) is 65.8 Å². The first-order chi connectivity index (χ1) is 21.3. The van der Waals surface area contributed by atoms with Crippen molar-refractivity contribution in [2.75, 3.05) is 4.90 Å². The van der Waals surface area contributed by atoms with Gasteiger partial charge in [-0.15, -0.1) is 0 Å². The Labute approximate surface area is 247 Å². The average Bonchev–Trinajstić information content (AvgIpc) is 3.64. The molecule has 2 aromatic heterocycles. The maximum atomic E-state index is 6.59. The van der Waals surface area contributed by atoms with E-state index in [0.29, 0.717) is 0 Å². The lowest BCUT2D eigenvalue weighted by Gasteiger charge is -2.27. The van der Waals surface area contributed by atoms with Crippen LogP contribution in [0.5, 0.6) is 0 Å². The maximum Gasteiger partial charge on any atom is 0.145 e. The van der Waals surface area contributed by atoms with E-state index >= 15 is 0 Å². The molecule has 0 saturated heterocycles. The summed E-state index contributed by atoms with van der Waals surface area (Å²) in [6, 6.07) is 53.1. The smallest absolute Gasteiger partial charge is 0.145 e. The highest BCUT2D eigenvalue weighted by Crippen LogP contribution is 2.47. The second kappa shape index (κ2) is 9.37. The lowest BCUT2D eigenvalue weighted by molar-refractivity contribution is 0.669. The van der Waals surface area contributed by atoms with Gasteiger partial charge in [-0.05, 0) is 59.0 Å². The van der Waals surface area contributed by atoms with Crippen LogP contribution in [0.3, 0.4) is 0 Å². The van der Waals surface area contributed by atoms with E-state index in [1.807, 2.05) is 18.2 Å². The van der Waals surface area contributed by atoms with Crippen LogP contribution in [0.1, 0.15) is 0 Å². The normalized spacial score (nSPS) is 11.7. The number of hydrogen-bond donors (Lipinski definition) is 0. The van der Waals surface area contributed by atoms with Gasteiger partial charge in [-0.3, -0.25) is 0 Å². The van der Waals surface area contributed by atoms with Crippen molar-refractivity contribution in [2.45, 2.75) is 0 Å². The highest BCUT2D eigenvalue weighted by molar-refractivity contribution is 6.22. The summed E-state index contributed by atoms with van der Waals surface area (Å²) >= 11 is 0. The average molecular weight is 552 g/mol. The van der Waals surface area contributed by atoms with Crippen molar-refractivity contribution in [3.8, 4) is 11.1 Å². The lowest BCUT2D eigenvalue weighted by Crippen LogP contribution is -2.10. The van der Waals surface area contributed by atoms with Gasteiger partial charge in [0.05, 0.1) is 11.1 Å². The number of benzene rings is 7. The molecule has 3 heteroatoms. The standard InChI is InChI=1S/C40H25NO2/c1-2-11-26(12-3-1)27-14-10-15-29(23-27)41(30-21-22-33-32-17-6-8-19-36(32)42-38(33)25-30)35-24-28-13-4-5-16-31(28)40-39(35)34-18-7-9-20-37(34)43-40/h1-25H. The van der Waals surface area contributed by atoms with E-state index in [1.165, 1.54) is 5.56 Å². The summed E-state index contributed by atoms with van der Waals surface area (Å²) in [6.07, 6.45) is 0. The molecule has 0 fully saturated rings. The van der Waals surface area contributed by atoms with Gasteiger partial charge in [-0.1, -0.05) is 103 Å². The van der Waals surface area contributed by atoms with Crippen molar-refractivity contribution >= 4 is 71.7 Å². The second-order valence-electron chi connectivity index (χ2n) is 10.9. The predicted octanol–water partition coefficient (Wildman–Crippen LogP) is 11.8. The van der Waals surface area contributed by atoms with Gasteiger partial charge in [0.1, 0.15) is 22.3 Å². The zero-order valence-electron chi connectivity index (χ0n) is 23.2. The third-order valence-corrected chi connectivity index (χ3v) is 8.42. The number of rotatable bonds is 4. The summed E-state index contributed by atoms with van der Waals surface area (Å²) in [5.74, 6) is 0. The minimum atomic E-state index is 0.858. The molecular formula is C40H25NO2. The maximum absolute atomic E-state index is 6.59. The summed E-state index contributed by atoms with van der Waals surface area (Å²) in [5.41, 5.74) is 8.97. The van der Waals surface area contributed by atoms with Crippen molar-refractivity contribution in [1.29, 1.82) is 0 Å². The lowest BCUT2D eigenvalue weighted by atomic mass is 10.0. The molecule has 0 aliphatic heterocycles. The monoisotopic (exact) mass is 551 g/mol. The van der Waals surface area contributed by atoms with E-state index in [1.54, 1.807) is 0 Å². The fourth-order valence-corrected chi connectivity index (χ4v) is 6.45. The van der Waals surface area contributed by atoms with Gasteiger partial charge >= 0.3 is 0 Å². The molecule has 43 heavy (non-hydrogen) atoms. The Morgan fingerprint density at radius 2 is 1.05 bits per heavy atom. The molecule has 0 radical (unpaired) electrons. The quantitative estimate of drug-likeness (QED) is 0.218. The summed E-state index contributed by atoms with van der Waals surface area (Å²) in [5, 5.41) is 6.63. The SMILES string of the molecule is c1ccc(-c2cccc(N(c3ccc4c(c3)oc3ccccc34)c3cc4ccccc4c4oc5ccccc5c34)c2)cc1. The molecule has 9 rings (SSSR count). The molecule has 0 N–H and O–H groups in total. The van der Waals surface area contributed by atoms with Crippen LogP contribution < -0.4 is 4.90 Å². The number of nitrogens with zero attached hydrogens (tertiary/aromatic N) is 1. The number of anilines is 3. The van der Waals surface area contributed by atoms with Crippen LogP contribution in [-0.4, -0.2) is 0 Å². The van der Waals surface area contributed by atoms with E-state index in [2.05, 4.69) is 138 Å². The zero-order valence-corrected chi connectivity index (χ0v) is 23.2. The highest BCUT2D eigenvalue weighted by atomic mass is 16.3. The topological polar surface area (TPSA) is 29.5 Å². The van der Waals surface area contributed by atoms with Crippen LogP contribution in [0.4, 0.5) is 17.1 Å². The molecule has 0 spiro atoms. The fourth-order valence-electron chi connectivity index (χ4n) is 6.45. The van der Waals surface area contributed by atoms with Gasteiger partial charge in [-0.25, -0.2) is 0 Å². The molecule has 0 atom stereocenters. The fraction of sp³-hybridized carbons (Fsp3) is 0. The Morgan fingerprint density at radius 1 is 0.395 bits per heavy atom. The largest absolute Gasteiger partial charge is 0.456 e. The van der Waals surface area contributed by atoms with Crippen LogP contribution >= 0.6 is 0 Å². The van der Waals surface area contributed by atoms with Crippen LogP contribution in [0, 0.1) is 0 Å². The van der Waals surface area contributed by atoms with E-state index in [4.69, 9.17) is 8.83 Å². The Balaban J connectivity index is 1.38. The van der Waals surface area contributed by atoms with E-state index in [0.717, 1.165) is 77.3 Å². The van der Waals surface area contributed by atoms with Gasteiger partial charge in [0, 0.05) is 39.0 Å². The van der Waals surface area contributed by atoms with Crippen molar-refractivity contribution < 1.29 is 8.83 Å². The Kier molecular flexibility index (Phi) is 5.20. The van der Waals surface area contributed by atoms with Gasteiger partial charge in [0.15, 0.2) is 0 Å². The number of furan rings is 2. The zero-order chi connectivity index (χ0) is 28.3. The molecule has 0 saturated carbocycles.